The smallest absolute Gasteiger partial charge is 0.302 e. The molecule has 0 radical (unpaired) electrons. The highest BCUT2D eigenvalue weighted by Crippen LogP contribution is 2.42. The maximum Gasteiger partial charge on any atom is 0.302 e. The number of hydrazine groups is 1. The molecule has 0 bridgehead atoms. The number of ether oxygens (including phenoxy) is 2. The topological polar surface area (TPSA) is 155 Å². The molecule has 14 heteroatoms. The number of hydrogen-bond acceptors (Lipinski definition) is 9. The lowest BCUT2D eigenvalue weighted by Crippen LogP contribution is -2.59. The molecular weight excluding hydrogens is 847 g/mol. The van der Waals surface area contributed by atoms with E-state index in [0.29, 0.717) is 32.5 Å². The summed E-state index contributed by atoms with van der Waals surface area (Å²) in [6.45, 7) is 21.5. The number of hydrogen-bond donors (Lipinski definition) is 2. The summed E-state index contributed by atoms with van der Waals surface area (Å²) >= 11 is 0. The minimum Gasteiger partial charge on any atom is -0.465 e. The number of amides is 4. The molecule has 14 nitrogen and oxygen atoms in total. The van der Waals surface area contributed by atoms with Gasteiger partial charge in [-0.2, -0.15) is 0 Å². The highest BCUT2D eigenvalue weighted by Gasteiger charge is 2.41. The van der Waals surface area contributed by atoms with Crippen LogP contribution in [0.15, 0.2) is 73.4 Å². The predicted octanol–water partition coefficient (Wildman–Crippen LogP) is 7.29. The highest BCUT2D eigenvalue weighted by atomic mass is 16.5. The third kappa shape index (κ3) is 11.5. The molecule has 0 spiro atoms. The van der Waals surface area contributed by atoms with Crippen molar-refractivity contribution in [3.8, 4) is 22.4 Å². The molecule has 0 unspecified atom stereocenters. The van der Waals surface area contributed by atoms with Crippen LogP contribution in [0.2, 0.25) is 0 Å². The van der Waals surface area contributed by atoms with Gasteiger partial charge >= 0.3 is 5.97 Å². The Kier molecular flexibility index (Phi) is 16.5. The van der Waals surface area contributed by atoms with Crippen LogP contribution in [-0.4, -0.2) is 112 Å². The molecule has 4 aromatic rings. The zero-order valence-electron chi connectivity index (χ0n) is 41.2. The average Bonchev–Trinajstić information content (AvgIpc) is 3.86. The Morgan fingerprint density at radius 2 is 1.79 bits per heavy atom. The molecule has 0 aliphatic carbocycles. The van der Waals surface area contributed by atoms with Crippen molar-refractivity contribution in [3.05, 3.63) is 90.3 Å². The first-order valence-corrected chi connectivity index (χ1v) is 23.8. The fourth-order valence-electron chi connectivity index (χ4n) is 9.92. The van der Waals surface area contributed by atoms with Crippen molar-refractivity contribution >= 4 is 40.5 Å². The summed E-state index contributed by atoms with van der Waals surface area (Å²) in [4.78, 5) is 75.3. The van der Waals surface area contributed by atoms with Gasteiger partial charge in [0.15, 0.2) is 0 Å². The third-order valence-corrected chi connectivity index (χ3v) is 13.4. The van der Waals surface area contributed by atoms with Crippen LogP contribution in [0.3, 0.4) is 0 Å². The summed E-state index contributed by atoms with van der Waals surface area (Å²) in [6.07, 6.45) is 5.89. The van der Waals surface area contributed by atoms with Crippen molar-refractivity contribution in [2.45, 2.75) is 118 Å². The second kappa shape index (κ2) is 21.8. The molecule has 2 N–H and O–H groups in total. The summed E-state index contributed by atoms with van der Waals surface area (Å²) in [5.74, 6) is -2.14. The number of benzene rings is 2. The van der Waals surface area contributed by atoms with E-state index in [-0.39, 0.29) is 61.3 Å². The lowest BCUT2D eigenvalue weighted by Gasteiger charge is -2.35. The number of rotatable bonds is 18. The molecule has 2 saturated heterocycles. The van der Waals surface area contributed by atoms with Crippen molar-refractivity contribution in [2.75, 3.05) is 40.4 Å². The summed E-state index contributed by atoms with van der Waals surface area (Å²) in [7, 11) is 3.32. The molecule has 6 rings (SSSR count). The van der Waals surface area contributed by atoms with Gasteiger partial charge in [0.2, 0.25) is 17.7 Å². The molecule has 2 aromatic carbocycles. The molecule has 360 valence electrons. The summed E-state index contributed by atoms with van der Waals surface area (Å²) in [6, 6.07) is 16.7. The number of methoxy groups -OCH3 is 1. The fourth-order valence-corrected chi connectivity index (χ4v) is 9.92. The Morgan fingerprint density at radius 3 is 2.45 bits per heavy atom. The summed E-state index contributed by atoms with van der Waals surface area (Å²) in [5.41, 5.74) is 10.6. The van der Waals surface area contributed by atoms with Crippen molar-refractivity contribution in [1.82, 2.24) is 35.1 Å². The number of likely N-dealkylation sites (N-methyl/N-ethyl adjacent to an activating group) is 1. The van der Waals surface area contributed by atoms with Gasteiger partial charge in [0.1, 0.15) is 12.1 Å². The minimum atomic E-state index is -0.928. The molecule has 2 aromatic heterocycles. The second-order valence-electron chi connectivity index (χ2n) is 19.4. The van der Waals surface area contributed by atoms with Crippen LogP contribution in [0.5, 0.6) is 0 Å². The van der Waals surface area contributed by atoms with E-state index in [1.807, 2.05) is 45.9 Å². The van der Waals surface area contributed by atoms with Gasteiger partial charge in [0, 0.05) is 87.8 Å². The standard InChI is InChI=1S/C53H71N7O7/c1-12-46(62)59-31-40(26-34(59)5)51(64)57(10)48(33(3)4)50(63)56-44(52(65)60-25-15-14-24-55-60)28-37-18-16-19-38(27-37)39-21-22-45-42(29-39)43(30-53(8,9)32-67-36(7)61)49(58(45)13-2)41-20-17-23-54-47(41)35(6)66-11/h12,16-23,27,29,33-35,40,44,48,55H,1,13-15,24-26,28,30-32H2,2-11H3,(H,56,63)/t34-,35+,40+,44+,48+/m1/s1. The monoisotopic (exact) mass is 918 g/mol. The summed E-state index contributed by atoms with van der Waals surface area (Å²) in [5, 5.41) is 5.78. The normalized spacial score (nSPS) is 17.8. The SMILES string of the molecule is C=CC(=O)N1C[C@@H](C(=O)N(C)[C@H](C(=O)N[C@@H](Cc2cccc(-c3ccc4c(c3)c(CC(C)(C)COC(C)=O)c(-c3cccnc3[C@H](C)OC)n4CC)c2)C(=O)N2CCCCN2)C(C)C)C[C@H]1C. The van der Waals surface area contributed by atoms with Crippen LogP contribution in [0.25, 0.3) is 33.3 Å². The molecule has 4 heterocycles. The lowest BCUT2D eigenvalue weighted by molar-refractivity contribution is -0.146. The summed E-state index contributed by atoms with van der Waals surface area (Å²) < 4.78 is 13.7. The van der Waals surface area contributed by atoms with Gasteiger partial charge in [0.05, 0.1) is 30.0 Å². The van der Waals surface area contributed by atoms with Crippen molar-refractivity contribution in [3.63, 3.8) is 0 Å². The molecule has 4 amide bonds. The fraction of sp³-hybridized carbons (Fsp3) is 0.509. The second-order valence-corrected chi connectivity index (χ2v) is 19.4. The van der Waals surface area contributed by atoms with E-state index in [2.05, 4.69) is 79.1 Å². The number of esters is 1. The Bertz CT molecular complexity index is 2450. The molecule has 0 saturated carbocycles. The van der Waals surface area contributed by atoms with Crippen molar-refractivity contribution in [2.24, 2.45) is 17.3 Å². The van der Waals surface area contributed by atoms with Crippen molar-refractivity contribution in [1.29, 1.82) is 0 Å². The number of nitrogens with zero attached hydrogens (tertiary/aromatic N) is 5. The Morgan fingerprint density at radius 1 is 1.04 bits per heavy atom. The first-order chi connectivity index (χ1) is 31.9. The number of aromatic nitrogens is 2. The predicted molar refractivity (Wildman–Crippen MR) is 261 cm³/mol. The maximum atomic E-state index is 14.5. The Balaban J connectivity index is 1.36. The first-order valence-electron chi connectivity index (χ1n) is 23.8. The van der Waals surface area contributed by atoms with Gasteiger partial charge in [-0.3, -0.25) is 34.0 Å². The lowest BCUT2D eigenvalue weighted by atomic mass is 9.84. The molecular formula is C53H71N7O7. The van der Waals surface area contributed by atoms with E-state index in [4.69, 9.17) is 14.5 Å². The van der Waals surface area contributed by atoms with E-state index in [1.165, 1.54) is 17.9 Å². The zero-order chi connectivity index (χ0) is 48.7. The number of nitrogens with one attached hydrogen (secondary N) is 2. The molecule has 5 atom stereocenters. The van der Waals surface area contributed by atoms with E-state index in [9.17, 15) is 24.0 Å². The largest absolute Gasteiger partial charge is 0.465 e. The average molecular weight is 918 g/mol. The van der Waals surface area contributed by atoms with Crippen LogP contribution in [0.1, 0.15) is 97.6 Å². The van der Waals surface area contributed by atoms with E-state index in [0.717, 1.165) is 62.9 Å². The number of carbonyl (C=O) groups is 5. The van der Waals surface area contributed by atoms with Gasteiger partial charge in [-0.15, -0.1) is 0 Å². The Labute approximate surface area is 396 Å². The molecule has 2 fully saturated rings. The van der Waals surface area contributed by atoms with Gasteiger partial charge in [-0.1, -0.05) is 64.6 Å². The minimum absolute atomic E-state index is 0.135. The molecule has 2 aliphatic rings. The van der Waals surface area contributed by atoms with Gasteiger partial charge in [-0.25, -0.2) is 5.43 Å². The third-order valence-electron chi connectivity index (χ3n) is 13.4. The van der Waals surface area contributed by atoms with Crippen LogP contribution >= 0.6 is 0 Å². The van der Waals surface area contributed by atoms with Crippen LogP contribution in [0.4, 0.5) is 0 Å². The maximum absolute atomic E-state index is 14.5. The van der Waals surface area contributed by atoms with Gasteiger partial charge < -0.3 is 29.2 Å². The van der Waals surface area contributed by atoms with E-state index >= 15 is 0 Å². The van der Waals surface area contributed by atoms with E-state index < -0.39 is 29.3 Å². The highest BCUT2D eigenvalue weighted by molar-refractivity contribution is 5.96. The van der Waals surface area contributed by atoms with Gasteiger partial charge in [0.25, 0.3) is 5.91 Å². The molecule has 2 aliphatic heterocycles. The van der Waals surface area contributed by atoms with Crippen molar-refractivity contribution < 1.29 is 33.4 Å². The number of likely N-dealkylation sites (tertiary alicyclic amines) is 1. The number of fused-ring (bicyclic) bond motifs is 1. The van der Waals surface area contributed by atoms with Crippen LogP contribution in [0, 0.1) is 17.3 Å². The van der Waals surface area contributed by atoms with Gasteiger partial charge in [-0.05, 0) is 105 Å². The molecule has 67 heavy (non-hydrogen) atoms. The number of pyridine rings is 1. The first kappa shape index (κ1) is 50.6. The quantitative estimate of drug-likeness (QED) is 0.0774. The van der Waals surface area contributed by atoms with E-state index in [1.54, 1.807) is 30.3 Å². The zero-order valence-corrected chi connectivity index (χ0v) is 41.2. The van der Waals surface area contributed by atoms with Crippen LogP contribution < -0.4 is 10.7 Å². The van der Waals surface area contributed by atoms with Crippen LogP contribution in [-0.2, 0) is 52.8 Å². The Hall–Kier alpha value is -5.86. The number of carbonyl (C=O) groups excluding carboxylic acids is 5. The number of aryl methyl sites for hydroxylation is 1.